The van der Waals surface area contributed by atoms with Gasteiger partial charge in [0.15, 0.2) is 0 Å². The number of anilines is 1. The Morgan fingerprint density at radius 3 is 2.12 bits per heavy atom. The highest BCUT2D eigenvalue weighted by atomic mass is 16.5. The molecule has 4 atom stereocenters. The molecular formula is C26H28N2O6. The van der Waals surface area contributed by atoms with E-state index < -0.39 is 47.2 Å². The number of aliphatic carboxylic acids is 1. The van der Waals surface area contributed by atoms with Crippen molar-refractivity contribution in [2.24, 2.45) is 11.8 Å². The highest BCUT2D eigenvalue weighted by molar-refractivity contribution is 6.24. The number of nitrogens with zero attached hydrogens (tertiary/aromatic N) is 1. The van der Waals surface area contributed by atoms with E-state index in [1.54, 1.807) is 24.3 Å². The number of rotatable bonds is 6. The van der Waals surface area contributed by atoms with E-state index >= 15 is 0 Å². The average molecular weight is 465 g/mol. The van der Waals surface area contributed by atoms with Gasteiger partial charge in [-0.15, -0.1) is 0 Å². The van der Waals surface area contributed by atoms with Crippen LogP contribution in [0.25, 0.3) is 0 Å². The average Bonchev–Trinajstić information content (AvgIpc) is 3.31. The molecule has 8 heteroatoms. The molecule has 0 aromatic heterocycles. The summed E-state index contributed by atoms with van der Waals surface area (Å²) in [5.41, 5.74) is 1.63. The molecule has 178 valence electrons. The molecule has 2 fully saturated rings. The van der Waals surface area contributed by atoms with E-state index in [0.717, 1.165) is 11.1 Å². The second kappa shape index (κ2) is 8.68. The van der Waals surface area contributed by atoms with Crippen molar-refractivity contribution in [3.63, 3.8) is 0 Å². The van der Waals surface area contributed by atoms with E-state index in [4.69, 9.17) is 4.74 Å². The Balaban J connectivity index is 1.83. The van der Waals surface area contributed by atoms with E-state index in [2.05, 4.69) is 5.32 Å². The number of fused-ring (bicyclic) bond motifs is 1. The van der Waals surface area contributed by atoms with Crippen molar-refractivity contribution in [1.29, 1.82) is 0 Å². The van der Waals surface area contributed by atoms with Gasteiger partial charge in [-0.25, -0.2) is 9.69 Å². The Labute approximate surface area is 197 Å². The number of nitrogens with one attached hydrogen (secondary N) is 1. The van der Waals surface area contributed by atoms with Crippen molar-refractivity contribution in [3.05, 3.63) is 64.7 Å². The molecule has 2 aliphatic rings. The highest BCUT2D eigenvalue weighted by Gasteiger charge is 2.67. The first-order valence-electron chi connectivity index (χ1n) is 11.4. The molecule has 0 saturated carbocycles. The van der Waals surface area contributed by atoms with Gasteiger partial charge in [0.25, 0.3) is 0 Å². The molecule has 2 aromatic carbocycles. The van der Waals surface area contributed by atoms with Gasteiger partial charge >= 0.3 is 11.9 Å². The fraction of sp³-hybridized carbons (Fsp3) is 0.385. The third-order valence-electron chi connectivity index (χ3n) is 7.11. The summed E-state index contributed by atoms with van der Waals surface area (Å²) in [6, 6.07) is 11.4. The van der Waals surface area contributed by atoms with Crippen molar-refractivity contribution >= 4 is 29.4 Å². The Morgan fingerprint density at radius 2 is 1.62 bits per heavy atom. The summed E-state index contributed by atoms with van der Waals surface area (Å²) in [5.74, 6) is -4.58. The molecule has 2 heterocycles. The van der Waals surface area contributed by atoms with E-state index in [1.165, 1.54) is 18.9 Å². The monoisotopic (exact) mass is 464 g/mol. The molecule has 8 nitrogen and oxygen atoms in total. The quantitative estimate of drug-likeness (QED) is 0.499. The van der Waals surface area contributed by atoms with Crippen LogP contribution < -0.4 is 10.2 Å². The predicted molar refractivity (Wildman–Crippen MR) is 124 cm³/mol. The number of esters is 1. The summed E-state index contributed by atoms with van der Waals surface area (Å²) in [6.45, 7) is 5.37. The van der Waals surface area contributed by atoms with E-state index in [0.29, 0.717) is 29.7 Å². The normalized spacial score (nSPS) is 26.0. The van der Waals surface area contributed by atoms with Gasteiger partial charge in [0, 0.05) is 6.04 Å². The number of hydrogen-bond donors (Lipinski definition) is 2. The Morgan fingerprint density at radius 1 is 1.03 bits per heavy atom. The molecule has 0 bridgehead atoms. The lowest BCUT2D eigenvalue weighted by Crippen LogP contribution is -2.53. The smallest absolute Gasteiger partial charge is 0.337 e. The van der Waals surface area contributed by atoms with Gasteiger partial charge in [0.2, 0.25) is 11.8 Å². The van der Waals surface area contributed by atoms with Gasteiger partial charge in [0.05, 0.1) is 30.2 Å². The lowest BCUT2D eigenvalue weighted by atomic mass is 9.80. The number of carbonyl (C=O) groups excluding carboxylic acids is 3. The number of carboxylic acids is 1. The molecule has 2 aromatic rings. The number of hydrogen-bond acceptors (Lipinski definition) is 6. The van der Waals surface area contributed by atoms with Crippen molar-refractivity contribution in [2.75, 3.05) is 12.0 Å². The molecule has 4 unspecified atom stereocenters. The van der Waals surface area contributed by atoms with Crippen LogP contribution in [0, 0.1) is 11.8 Å². The van der Waals surface area contributed by atoms with Crippen molar-refractivity contribution < 1.29 is 29.0 Å². The summed E-state index contributed by atoms with van der Waals surface area (Å²) in [6.07, 6.45) is 1.25. The Kier molecular flexibility index (Phi) is 6.03. The molecule has 4 rings (SSSR count). The molecule has 0 spiro atoms. The first kappa shape index (κ1) is 23.6. The lowest BCUT2D eigenvalue weighted by Gasteiger charge is -2.29. The van der Waals surface area contributed by atoms with Crippen molar-refractivity contribution in [3.8, 4) is 0 Å². The number of aryl methyl sites for hydroxylation is 2. The van der Waals surface area contributed by atoms with Crippen LogP contribution in [0.2, 0.25) is 0 Å². The minimum Gasteiger partial charge on any atom is -0.480 e. The lowest BCUT2D eigenvalue weighted by molar-refractivity contribution is -0.147. The minimum atomic E-state index is -1.63. The zero-order chi connectivity index (χ0) is 24.8. The van der Waals surface area contributed by atoms with Crippen LogP contribution in [0.15, 0.2) is 42.5 Å². The molecule has 34 heavy (non-hydrogen) atoms. The fourth-order valence-electron chi connectivity index (χ4n) is 5.29. The maximum atomic E-state index is 13.8. The first-order chi connectivity index (χ1) is 16.2. The van der Waals surface area contributed by atoms with Crippen LogP contribution in [-0.4, -0.2) is 41.5 Å². The maximum Gasteiger partial charge on any atom is 0.337 e. The summed E-state index contributed by atoms with van der Waals surface area (Å²) >= 11 is 0. The summed E-state index contributed by atoms with van der Waals surface area (Å²) in [5, 5.41) is 13.1. The number of para-hydroxylation sites is 1. The molecule has 0 radical (unpaired) electrons. The number of benzene rings is 2. The summed E-state index contributed by atoms with van der Waals surface area (Å²) in [4.78, 5) is 53.0. The van der Waals surface area contributed by atoms with E-state index in [-0.39, 0.29) is 0 Å². The van der Waals surface area contributed by atoms with Gasteiger partial charge in [0.1, 0.15) is 5.54 Å². The summed E-state index contributed by atoms with van der Waals surface area (Å²) in [7, 11) is 1.29. The molecule has 2 aliphatic heterocycles. The van der Waals surface area contributed by atoms with Gasteiger partial charge in [-0.3, -0.25) is 19.7 Å². The Bertz CT molecular complexity index is 1150. The van der Waals surface area contributed by atoms with Crippen molar-refractivity contribution in [1.82, 2.24) is 5.32 Å². The molecular weight excluding hydrogens is 436 g/mol. The fourth-order valence-corrected chi connectivity index (χ4v) is 5.29. The van der Waals surface area contributed by atoms with Gasteiger partial charge < -0.3 is 9.84 Å². The SMILES string of the molecule is CCc1cccc(CC)c1N1C(=O)C2C(c3ccc(C(=O)OC)cc3)NC(C)(C(=O)O)C2C1=O. The van der Waals surface area contributed by atoms with Crippen LogP contribution >= 0.6 is 0 Å². The van der Waals surface area contributed by atoms with Crippen LogP contribution in [0.3, 0.4) is 0 Å². The standard InChI is InChI=1S/C26H28N2O6/c1-5-14-8-7-9-15(6-2)21(14)28-22(29)18-19(23(28)30)26(3,25(32)33)27-20(18)16-10-12-17(13-11-16)24(31)34-4/h7-13,18-20,27H,5-6H2,1-4H3,(H,32,33). The third-order valence-corrected chi connectivity index (χ3v) is 7.11. The maximum absolute atomic E-state index is 13.8. The van der Waals surface area contributed by atoms with Gasteiger partial charge in [-0.05, 0) is 48.6 Å². The number of carbonyl (C=O) groups is 4. The second-order valence-corrected chi connectivity index (χ2v) is 8.89. The van der Waals surface area contributed by atoms with Gasteiger partial charge in [-0.1, -0.05) is 44.2 Å². The van der Waals surface area contributed by atoms with Crippen molar-refractivity contribution in [2.45, 2.75) is 45.2 Å². The molecule has 0 aliphatic carbocycles. The number of amides is 2. The highest BCUT2D eigenvalue weighted by Crippen LogP contribution is 2.50. The second-order valence-electron chi connectivity index (χ2n) is 8.89. The van der Waals surface area contributed by atoms with Crippen LogP contribution in [-0.2, 0) is 32.0 Å². The van der Waals surface area contributed by atoms with Crippen LogP contribution in [0.4, 0.5) is 5.69 Å². The third kappa shape index (κ3) is 3.40. The largest absolute Gasteiger partial charge is 0.480 e. The molecule has 2 N–H and O–H groups in total. The van der Waals surface area contributed by atoms with Crippen LogP contribution in [0.1, 0.15) is 53.9 Å². The van der Waals surface area contributed by atoms with E-state index in [9.17, 15) is 24.3 Å². The number of methoxy groups -OCH3 is 1. The van der Waals surface area contributed by atoms with E-state index in [1.807, 2.05) is 32.0 Å². The number of ether oxygens (including phenoxy) is 1. The minimum absolute atomic E-state index is 0.335. The molecule has 2 saturated heterocycles. The zero-order valence-corrected chi connectivity index (χ0v) is 19.6. The van der Waals surface area contributed by atoms with Crippen LogP contribution in [0.5, 0.6) is 0 Å². The van der Waals surface area contributed by atoms with Gasteiger partial charge in [-0.2, -0.15) is 0 Å². The topological polar surface area (TPSA) is 113 Å². The zero-order valence-electron chi connectivity index (χ0n) is 19.6. The first-order valence-corrected chi connectivity index (χ1v) is 11.4. The number of imide groups is 1. The molecule has 2 amide bonds. The summed E-state index contributed by atoms with van der Waals surface area (Å²) < 4.78 is 4.74. The predicted octanol–water partition coefficient (Wildman–Crippen LogP) is 2.89. The number of carboxylic acid groups (broad SMARTS) is 1. The Hall–Kier alpha value is -3.52.